The van der Waals surface area contributed by atoms with E-state index in [0.717, 1.165) is 30.8 Å². The topological polar surface area (TPSA) is 23.6 Å². The van der Waals surface area contributed by atoms with Gasteiger partial charge >= 0.3 is 0 Å². The number of likely N-dealkylation sites (tertiary alicyclic amines) is 1. The van der Waals surface area contributed by atoms with Crippen molar-refractivity contribution in [1.82, 2.24) is 4.90 Å². The number of carbonyl (C=O) groups is 1. The van der Waals surface area contributed by atoms with Gasteiger partial charge in [-0.05, 0) is 30.5 Å². The molecular formula is C14H19ClN2O. The lowest BCUT2D eigenvalue weighted by atomic mass is 10.1. The Morgan fingerprint density at radius 1 is 1.50 bits per heavy atom. The van der Waals surface area contributed by atoms with Crippen LogP contribution < -0.4 is 4.90 Å². The summed E-state index contributed by atoms with van der Waals surface area (Å²) in [6.07, 6.45) is 1.02. The molecule has 1 aromatic carbocycles. The molecule has 1 aromatic rings. The molecule has 1 aliphatic heterocycles. The summed E-state index contributed by atoms with van der Waals surface area (Å²) in [5.74, 6) is 1.21. The number of anilines is 1. The molecule has 0 spiro atoms. The molecule has 1 fully saturated rings. The minimum absolute atomic E-state index is 0.117. The van der Waals surface area contributed by atoms with Crippen LogP contribution in [0.2, 0.25) is 0 Å². The minimum Gasteiger partial charge on any atom is -0.378 e. The van der Waals surface area contributed by atoms with Gasteiger partial charge in [-0.15, -0.1) is 11.6 Å². The molecule has 3 nitrogen and oxygen atoms in total. The van der Waals surface area contributed by atoms with Crippen LogP contribution in [-0.2, 0) is 0 Å². The van der Waals surface area contributed by atoms with Crippen LogP contribution in [0.15, 0.2) is 24.3 Å². The lowest BCUT2D eigenvalue weighted by Gasteiger charge is -2.18. The number of rotatable bonds is 3. The second-order valence-electron chi connectivity index (χ2n) is 5.00. The van der Waals surface area contributed by atoms with Crippen LogP contribution in [0.25, 0.3) is 0 Å². The summed E-state index contributed by atoms with van der Waals surface area (Å²) in [5, 5.41) is 0. The number of carbonyl (C=O) groups excluding carboxylic acids is 1. The smallest absolute Gasteiger partial charge is 0.253 e. The Bertz CT molecular complexity index is 434. The summed E-state index contributed by atoms with van der Waals surface area (Å²) in [4.78, 5) is 16.3. The van der Waals surface area contributed by atoms with E-state index in [1.54, 1.807) is 0 Å². The predicted molar refractivity (Wildman–Crippen MR) is 75.5 cm³/mol. The maximum atomic E-state index is 12.3. The van der Waals surface area contributed by atoms with Crippen molar-refractivity contribution in [2.45, 2.75) is 6.42 Å². The van der Waals surface area contributed by atoms with Crippen LogP contribution in [0.4, 0.5) is 5.69 Å². The first-order chi connectivity index (χ1) is 8.61. The molecule has 1 aliphatic rings. The third kappa shape index (κ3) is 2.78. The van der Waals surface area contributed by atoms with E-state index in [0.29, 0.717) is 11.8 Å². The monoisotopic (exact) mass is 266 g/mol. The summed E-state index contributed by atoms with van der Waals surface area (Å²) in [6.45, 7) is 1.61. The van der Waals surface area contributed by atoms with Gasteiger partial charge in [-0.2, -0.15) is 0 Å². The first kappa shape index (κ1) is 13.2. The molecule has 1 unspecified atom stereocenters. The van der Waals surface area contributed by atoms with E-state index in [9.17, 15) is 4.79 Å². The first-order valence-electron chi connectivity index (χ1n) is 6.24. The highest BCUT2D eigenvalue weighted by Crippen LogP contribution is 2.21. The van der Waals surface area contributed by atoms with Crippen LogP contribution >= 0.6 is 11.6 Å². The van der Waals surface area contributed by atoms with Crippen LogP contribution in [0.1, 0.15) is 16.8 Å². The van der Waals surface area contributed by atoms with Crippen LogP contribution in [0.5, 0.6) is 0 Å². The molecule has 98 valence electrons. The first-order valence-corrected chi connectivity index (χ1v) is 6.78. The zero-order chi connectivity index (χ0) is 13.1. The molecule has 1 heterocycles. The quantitative estimate of drug-likeness (QED) is 0.785. The van der Waals surface area contributed by atoms with Gasteiger partial charge in [0.1, 0.15) is 0 Å². The predicted octanol–water partition coefficient (Wildman–Crippen LogP) is 2.45. The van der Waals surface area contributed by atoms with Gasteiger partial charge in [-0.1, -0.05) is 6.07 Å². The van der Waals surface area contributed by atoms with E-state index in [-0.39, 0.29) is 5.91 Å². The van der Waals surface area contributed by atoms with Gasteiger partial charge in [0, 0.05) is 44.3 Å². The zero-order valence-electron chi connectivity index (χ0n) is 10.9. The molecule has 1 amide bonds. The molecule has 4 heteroatoms. The molecule has 0 aliphatic carbocycles. The van der Waals surface area contributed by atoms with Gasteiger partial charge in [0.05, 0.1) is 0 Å². The van der Waals surface area contributed by atoms with E-state index < -0.39 is 0 Å². The van der Waals surface area contributed by atoms with Crippen molar-refractivity contribution in [3.63, 3.8) is 0 Å². The average molecular weight is 267 g/mol. The SMILES string of the molecule is CN(C)c1cccc(C(=O)N2CCC(CCl)C2)c1. The summed E-state index contributed by atoms with van der Waals surface area (Å²) >= 11 is 5.85. The minimum atomic E-state index is 0.117. The number of alkyl halides is 1. The fraction of sp³-hybridized carbons (Fsp3) is 0.500. The normalized spacial score (nSPS) is 19.1. The van der Waals surface area contributed by atoms with Gasteiger partial charge in [-0.3, -0.25) is 4.79 Å². The Morgan fingerprint density at radius 2 is 2.28 bits per heavy atom. The van der Waals surface area contributed by atoms with Crippen molar-refractivity contribution >= 4 is 23.2 Å². The highest BCUT2D eigenvalue weighted by molar-refractivity contribution is 6.18. The largest absolute Gasteiger partial charge is 0.378 e. The van der Waals surface area contributed by atoms with E-state index >= 15 is 0 Å². The Hall–Kier alpha value is -1.22. The fourth-order valence-corrected chi connectivity index (χ4v) is 2.49. The molecule has 0 N–H and O–H groups in total. The maximum absolute atomic E-state index is 12.3. The van der Waals surface area contributed by atoms with Crippen molar-refractivity contribution < 1.29 is 4.79 Å². The number of nitrogens with zero attached hydrogens (tertiary/aromatic N) is 2. The summed E-state index contributed by atoms with van der Waals surface area (Å²) in [6, 6.07) is 7.75. The number of amides is 1. The van der Waals surface area contributed by atoms with Gasteiger partial charge < -0.3 is 9.80 Å². The molecule has 0 radical (unpaired) electrons. The Labute approximate surface area is 113 Å². The second-order valence-corrected chi connectivity index (χ2v) is 5.31. The van der Waals surface area contributed by atoms with E-state index in [1.807, 2.05) is 48.2 Å². The Kier molecular flexibility index (Phi) is 4.12. The number of hydrogen-bond donors (Lipinski definition) is 0. The van der Waals surface area contributed by atoms with Crippen molar-refractivity contribution in [2.24, 2.45) is 5.92 Å². The summed E-state index contributed by atoms with van der Waals surface area (Å²) in [5.41, 5.74) is 1.81. The van der Waals surface area contributed by atoms with E-state index in [4.69, 9.17) is 11.6 Å². The molecule has 18 heavy (non-hydrogen) atoms. The van der Waals surface area contributed by atoms with Crippen LogP contribution in [-0.4, -0.2) is 43.9 Å². The average Bonchev–Trinajstić information content (AvgIpc) is 2.86. The van der Waals surface area contributed by atoms with Gasteiger partial charge in [0.15, 0.2) is 0 Å². The molecule has 1 saturated heterocycles. The second kappa shape index (κ2) is 5.61. The fourth-order valence-electron chi connectivity index (χ4n) is 2.24. The third-order valence-electron chi connectivity index (χ3n) is 3.40. The van der Waals surface area contributed by atoms with Crippen molar-refractivity contribution in [3.05, 3.63) is 29.8 Å². The number of benzene rings is 1. The molecule has 0 aromatic heterocycles. The molecule has 0 saturated carbocycles. The summed E-state index contributed by atoms with van der Waals surface area (Å²) < 4.78 is 0. The lowest BCUT2D eigenvalue weighted by molar-refractivity contribution is 0.0788. The number of hydrogen-bond acceptors (Lipinski definition) is 2. The van der Waals surface area contributed by atoms with Gasteiger partial charge in [0.2, 0.25) is 0 Å². The standard InChI is InChI=1S/C14H19ClN2O/c1-16(2)13-5-3-4-12(8-13)14(18)17-7-6-11(9-15)10-17/h3-5,8,11H,6-7,9-10H2,1-2H3. The van der Waals surface area contributed by atoms with Gasteiger partial charge in [-0.25, -0.2) is 0 Å². The summed E-state index contributed by atoms with van der Waals surface area (Å²) in [7, 11) is 3.95. The Balaban J connectivity index is 2.12. The van der Waals surface area contributed by atoms with Crippen molar-refractivity contribution in [2.75, 3.05) is 38.0 Å². The maximum Gasteiger partial charge on any atom is 0.253 e. The molecule has 1 atom stereocenters. The Morgan fingerprint density at radius 3 is 2.89 bits per heavy atom. The van der Waals surface area contributed by atoms with Crippen molar-refractivity contribution in [1.29, 1.82) is 0 Å². The van der Waals surface area contributed by atoms with E-state index in [2.05, 4.69) is 0 Å². The van der Waals surface area contributed by atoms with Gasteiger partial charge in [0.25, 0.3) is 5.91 Å². The van der Waals surface area contributed by atoms with Crippen molar-refractivity contribution in [3.8, 4) is 0 Å². The van der Waals surface area contributed by atoms with Crippen LogP contribution in [0, 0.1) is 5.92 Å². The zero-order valence-corrected chi connectivity index (χ0v) is 11.7. The van der Waals surface area contributed by atoms with Crippen LogP contribution in [0.3, 0.4) is 0 Å². The highest BCUT2D eigenvalue weighted by Gasteiger charge is 2.26. The molecule has 2 rings (SSSR count). The molecular weight excluding hydrogens is 248 g/mol. The van der Waals surface area contributed by atoms with E-state index in [1.165, 1.54) is 0 Å². The third-order valence-corrected chi connectivity index (χ3v) is 3.84. The lowest BCUT2D eigenvalue weighted by Crippen LogP contribution is -2.29. The molecule has 0 bridgehead atoms. The highest BCUT2D eigenvalue weighted by atomic mass is 35.5. The number of halogens is 1.